The monoisotopic (exact) mass is 306 g/mol. The smallest absolute Gasteiger partial charge is 0.0500 e. The van der Waals surface area contributed by atoms with E-state index in [0.717, 1.165) is 38.9 Å². The highest BCUT2D eigenvalue weighted by Gasteiger charge is 1.88. The Morgan fingerprint density at radius 1 is 0.565 bits per heavy atom. The van der Waals surface area contributed by atoms with Crippen LogP contribution in [0, 0.1) is 0 Å². The Morgan fingerprint density at radius 3 is 1.43 bits per heavy atom. The molecular weight excluding hydrogens is 280 g/mol. The lowest BCUT2D eigenvalue weighted by atomic mass is 10.1. The van der Waals surface area contributed by atoms with Gasteiger partial charge in [-0.05, 0) is 36.8 Å². The maximum atomic E-state index is 5.64. The molecule has 2 aromatic rings. The largest absolute Gasteiger partial charge is 0.381 e. The highest BCUT2D eigenvalue weighted by Crippen LogP contribution is 2.02. The zero-order valence-electron chi connectivity index (χ0n) is 13.7. The van der Waals surface area contributed by atoms with E-state index < -0.39 is 0 Å². The van der Waals surface area contributed by atoms with Crippen LogP contribution in [0.4, 0.5) is 0 Å². The molecule has 0 unspecified atom stereocenters. The Hall–Kier alpha value is -2.12. The minimum Gasteiger partial charge on any atom is -0.381 e. The van der Waals surface area contributed by atoms with E-state index in [-0.39, 0.29) is 0 Å². The number of benzene rings is 2. The maximum absolute atomic E-state index is 5.64. The number of allylic oxidation sites excluding steroid dienone is 2. The minimum absolute atomic E-state index is 0.803. The van der Waals surface area contributed by atoms with Gasteiger partial charge in [-0.25, -0.2) is 0 Å². The fraction of sp³-hybridized carbons (Fsp3) is 0.273. The molecular formula is C22H26O. The van der Waals surface area contributed by atoms with Crippen molar-refractivity contribution >= 4 is 0 Å². The van der Waals surface area contributed by atoms with Gasteiger partial charge in [-0.2, -0.15) is 0 Å². The van der Waals surface area contributed by atoms with Crippen LogP contribution in [0.5, 0.6) is 0 Å². The molecule has 0 fully saturated rings. The lowest BCUT2D eigenvalue weighted by molar-refractivity contribution is 0.143. The highest BCUT2D eigenvalue weighted by atomic mass is 16.5. The Balaban J connectivity index is 1.45. The van der Waals surface area contributed by atoms with Gasteiger partial charge in [0.15, 0.2) is 0 Å². The molecule has 0 aromatic heterocycles. The van der Waals surface area contributed by atoms with Gasteiger partial charge >= 0.3 is 0 Å². The third-order valence-corrected chi connectivity index (χ3v) is 3.58. The zero-order chi connectivity index (χ0) is 16.0. The number of rotatable bonds is 10. The summed E-state index contributed by atoms with van der Waals surface area (Å²) in [5, 5.41) is 0. The van der Waals surface area contributed by atoms with Crippen LogP contribution in [0.2, 0.25) is 0 Å². The van der Waals surface area contributed by atoms with Crippen molar-refractivity contribution in [1.82, 2.24) is 0 Å². The van der Waals surface area contributed by atoms with Crippen molar-refractivity contribution in [2.24, 2.45) is 0 Å². The average Bonchev–Trinajstić information content (AvgIpc) is 2.61. The Morgan fingerprint density at radius 2 is 1.00 bits per heavy atom. The summed E-state index contributed by atoms with van der Waals surface area (Å²) in [6.07, 6.45) is 12.8. The second kappa shape index (κ2) is 11.4. The van der Waals surface area contributed by atoms with Crippen LogP contribution in [0.15, 0.2) is 85.0 Å². The molecule has 23 heavy (non-hydrogen) atoms. The van der Waals surface area contributed by atoms with E-state index in [1.54, 1.807) is 0 Å². The van der Waals surface area contributed by atoms with Gasteiger partial charge in [-0.3, -0.25) is 0 Å². The number of ether oxygens (including phenoxy) is 1. The summed E-state index contributed by atoms with van der Waals surface area (Å²) in [5.41, 5.74) is 2.71. The summed E-state index contributed by atoms with van der Waals surface area (Å²) in [5.74, 6) is 0. The molecule has 0 radical (unpaired) electrons. The predicted octanol–water partition coefficient (Wildman–Crippen LogP) is 5.38. The van der Waals surface area contributed by atoms with Gasteiger partial charge in [0.25, 0.3) is 0 Å². The van der Waals surface area contributed by atoms with Crippen molar-refractivity contribution in [3.63, 3.8) is 0 Å². The summed E-state index contributed by atoms with van der Waals surface area (Å²) < 4.78 is 5.64. The number of hydrogen-bond acceptors (Lipinski definition) is 1. The molecule has 0 amide bonds. The third-order valence-electron chi connectivity index (χ3n) is 3.58. The Kier molecular flexibility index (Phi) is 8.58. The van der Waals surface area contributed by atoms with Crippen LogP contribution in [0.1, 0.15) is 24.0 Å². The third kappa shape index (κ3) is 8.18. The molecule has 2 rings (SSSR count). The molecule has 120 valence electrons. The molecule has 0 aliphatic rings. The van der Waals surface area contributed by atoms with Gasteiger partial charge < -0.3 is 4.74 Å². The highest BCUT2D eigenvalue weighted by molar-refractivity contribution is 5.18. The summed E-state index contributed by atoms with van der Waals surface area (Å²) in [6, 6.07) is 21.0. The molecule has 0 heterocycles. The first-order chi connectivity index (χ1) is 11.4. The van der Waals surface area contributed by atoms with Gasteiger partial charge in [0.05, 0.1) is 13.2 Å². The van der Waals surface area contributed by atoms with Gasteiger partial charge in [0, 0.05) is 0 Å². The quantitative estimate of drug-likeness (QED) is 0.423. The molecule has 0 aliphatic heterocycles. The first-order valence-electron chi connectivity index (χ1n) is 8.41. The van der Waals surface area contributed by atoms with Crippen LogP contribution < -0.4 is 0 Å². The van der Waals surface area contributed by atoms with Crippen LogP contribution >= 0.6 is 0 Å². The second-order valence-corrected chi connectivity index (χ2v) is 5.51. The van der Waals surface area contributed by atoms with E-state index in [1.807, 2.05) is 0 Å². The summed E-state index contributed by atoms with van der Waals surface area (Å²) in [4.78, 5) is 0. The molecule has 0 spiro atoms. The van der Waals surface area contributed by atoms with Crippen LogP contribution in [0.3, 0.4) is 0 Å². The lowest BCUT2D eigenvalue weighted by Crippen LogP contribution is -1.94. The average molecular weight is 306 g/mol. The minimum atomic E-state index is 0.803. The van der Waals surface area contributed by atoms with E-state index >= 15 is 0 Å². The van der Waals surface area contributed by atoms with Gasteiger partial charge in [0.1, 0.15) is 0 Å². The maximum Gasteiger partial charge on any atom is 0.0500 e. The zero-order valence-corrected chi connectivity index (χ0v) is 13.7. The molecule has 2 aromatic carbocycles. The van der Waals surface area contributed by atoms with Crippen molar-refractivity contribution in [3.8, 4) is 0 Å². The first kappa shape index (κ1) is 17.2. The van der Waals surface area contributed by atoms with Crippen molar-refractivity contribution in [1.29, 1.82) is 0 Å². The van der Waals surface area contributed by atoms with E-state index in [4.69, 9.17) is 4.74 Å². The lowest BCUT2D eigenvalue weighted by Gasteiger charge is -1.99. The fourth-order valence-corrected chi connectivity index (χ4v) is 2.31. The van der Waals surface area contributed by atoms with Crippen molar-refractivity contribution in [2.75, 3.05) is 13.2 Å². The summed E-state index contributed by atoms with van der Waals surface area (Å²) >= 11 is 0. The van der Waals surface area contributed by atoms with E-state index in [2.05, 4.69) is 85.0 Å². The first-order valence-corrected chi connectivity index (χ1v) is 8.41. The Bertz CT molecular complexity index is 516. The van der Waals surface area contributed by atoms with E-state index in [1.165, 1.54) is 11.1 Å². The fourth-order valence-electron chi connectivity index (χ4n) is 2.31. The molecule has 0 aliphatic carbocycles. The van der Waals surface area contributed by atoms with E-state index in [9.17, 15) is 0 Å². The SMILES string of the molecule is C(=CCc1ccccc1)CCOCCC=CCc1ccccc1. The molecule has 0 saturated carbocycles. The predicted molar refractivity (Wildman–Crippen MR) is 98.6 cm³/mol. The van der Waals surface area contributed by atoms with Gasteiger partial charge in [-0.1, -0.05) is 85.0 Å². The van der Waals surface area contributed by atoms with E-state index in [0.29, 0.717) is 0 Å². The summed E-state index contributed by atoms with van der Waals surface area (Å²) in [6.45, 7) is 1.61. The molecule has 1 nitrogen and oxygen atoms in total. The second-order valence-electron chi connectivity index (χ2n) is 5.51. The van der Waals surface area contributed by atoms with Crippen molar-refractivity contribution in [2.45, 2.75) is 25.7 Å². The molecule has 0 atom stereocenters. The van der Waals surface area contributed by atoms with Crippen LogP contribution in [0.25, 0.3) is 0 Å². The Labute approximate surface area is 140 Å². The van der Waals surface area contributed by atoms with Crippen molar-refractivity contribution in [3.05, 3.63) is 96.1 Å². The van der Waals surface area contributed by atoms with Crippen molar-refractivity contribution < 1.29 is 4.74 Å². The summed E-state index contributed by atoms with van der Waals surface area (Å²) in [7, 11) is 0. The number of hydrogen-bond donors (Lipinski definition) is 0. The topological polar surface area (TPSA) is 9.23 Å². The normalized spacial score (nSPS) is 11.5. The van der Waals surface area contributed by atoms with Gasteiger partial charge in [-0.15, -0.1) is 0 Å². The van der Waals surface area contributed by atoms with Crippen LogP contribution in [-0.2, 0) is 17.6 Å². The molecule has 1 heteroatoms. The molecule has 0 bridgehead atoms. The molecule has 0 N–H and O–H groups in total. The molecule has 0 saturated heterocycles. The van der Waals surface area contributed by atoms with Gasteiger partial charge in [0.2, 0.25) is 0 Å². The standard InChI is InChI=1S/C22H26O/c1-5-13-21(14-6-1)17-9-3-11-19-23-20-12-4-10-18-22-15-7-2-8-16-22/h1-10,13-16H,11-12,17-20H2. The van der Waals surface area contributed by atoms with Crippen LogP contribution in [-0.4, -0.2) is 13.2 Å².